The van der Waals surface area contributed by atoms with Crippen LogP contribution in [0.1, 0.15) is 51.2 Å². The van der Waals surface area contributed by atoms with Crippen molar-refractivity contribution in [3.63, 3.8) is 0 Å². The number of anilines is 2. The number of unbranched alkanes of at least 4 members (excludes halogenated alkanes) is 2. The Morgan fingerprint density at radius 2 is 1.96 bits per heavy atom. The van der Waals surface area contributed by atoms with Crippen LogP contribution >= 0.6 is 11.3 Å². The Kier molecular flexibility index (Phi) is 11.6. The first-order valence-electron chi connectivity index (χ1n) is 9.72. The molecule has 0 aliphatic rings. The number of aromatic nitrogens is 2. The maximum Gasteiger partial charge on any atom is 0.189 e. The van der Waals surface area contributed by atoms with Gasteiger partial charge in [-0.05, 0) is 49.2 Å². The van der Waals surface area contributed by atoms with E-state index in [9.17, 15) is 0 Å². The monoisotopic (exact) mass is 397 g/mol. The Balaban J connectivity index is 0.000000372. The number of pyridine rings is 1. The molecule has 0 atom stereocenters. The molecule has 0 unspecified atom stereocenters. The van der Waals surface area contributed by atoms with Crippen molar-refractivity contribution in [1.29, 1.82) is 0 Å². The van der Waals surface area contributed by atoms with Crippen LogP contribution in [0.25, 0.3) is 10.2 Å². The van der Waals surface area contributed by atoms with Crippen LogP contribution in [0.4, 0.5) is 10.9 Å². The molecule has 28 heavy (non-hydrogen) atoms. The lowest BCUT2D eigenvalue weighted by Gasteiger charge is -2.01. The number of hydrogen-bond donors (Lipinski definition) is 1. The normalized spacial score (nSPS) is 9.57. The van der Waals surface area contributed by atoms with Crippen LogP contribution in [0, 0.1) is 19.3 Å². The maximum absolute atomic E-state index is 5.40. The Morgan fingerprint density at radius 1 is 1.18 bits per heavy atom. The van der Waals surface area contributed by atoms with E-state index in [2.05, 4.69) is 28.1 Å². The highest BCUT2D eigenvalue weighted by atomic mass is 32.1. The van der Waals surface area contributed by atoms with E-state index in [0.29, 0.717) is 0 Å². The molecule has 0 spiro atoms. The summed E-state index contributed by atoms with van der Waals surface area (Å²) in [5.41, 5.74) is 2.98. The molecular formula is C23H31N3OS. The van der Waals surface area contributed by atoms with Gasteiger partial charge < -0.3 is 10.1 Å². The maximum atomic E-state index is 5.40. The molecule has 0 bridgehead atoms. The lowest BCUT2D eigenvalue weighted by Crippen LogP contribution is -1.92. The molecule has 150 valence electrons. The summed E-state index contributed by atoms with van der Waals surface area (Å²) in [4.78, 5) is 8.77. The lowest BCUT2D eigenvalue weighted by molar-refractivity contribution is 0.192. The van der Waals surface area contributed by atoms with Gasteiger partial charge in [0.1, 0.15) is 5.82 Å². The highest BCUT2D eigenvalue weighted by Gasteiger charge is 2.05. The van der Waals surface area contributed by atoms with Gasteiger partial charge in [0.2, 0.25) is 0 Å². The van der Waals surface area contributed by atoms with Crippen LogP contribution in [-0.4, -0.2) is 23.7 Å². The van der Waals surface area contributed by atoms with Gasteiger partial charge in [-0.25, -0.2) is 9.97 Å². The van der Waals surface area contributed by atoms with E-state index in [1.54, 1.807) is 24.6 Å². The van der Waals surface area contributed by atoms with Gasteiger partial charge in [-0.15, -0.1) is 6.42 Å². The molecule has 2 aromatic heterocycles. The van der Waals surface area contributed by atoms with Crippen LogP contribution in [0.5, 0.6) is 0 Å². The molecule has 0 radical (unpaired) electrons. The largest absolute Gasteiger partial charge is 0.385 e. The van der Waals surface area contributed by atoms with Crippen molar-refractivity contribution < 1.29 is 4.74 Å². The van der Waals surface area contributed by atoms with Crippen molar-refractivity contribution in [3.05, 3.63) is 47.7 Å². The summed E-state index contributed by atoms with van der Waals surface area (Å²) >= 11 is 1.57. The quantitative estimate of drug-likeness (QED) is 0.377. The fourth-order valence-electron chi connectivity index (χ4n) is 2.28. The lowest BCUT2D eigenvalue weighted by atomic mass is 10.2. The number of aryl methyl sites for hydroxylation is 1. The van der Waals surface area contributed by atoms with Crippen molar-refractivity contribution in [2.24, 2.45) is 0 Å². The minimum absolute atomic E-state index is 0.802. The second-order valence-electron chi connectivity index (χ2n) is 5.89. The van der Waals surface area contributed by atoms with Crippen molar-refractivity contribution in [1.82, 2.24) is 9.97 Å². The van der Waals surface area contributed by atoms with Gasteiger partial charge >= 0.3 is 0 Å². The summed E-state index contributed by atoms with van der Waals surface area (Å²) in [6.07, 6.45) is 11.0. The smallest absolute Gasteiger partial charge is 0.189 e. The van der Waals surface area contributed by atoms with Gasteiger partial charge in [0.05, 0.1) is 10.2 Å². The molecule has 0 aliphatic heterocycles. The summed E-state index contributed by atoms with van der Waals surface area (Å²) in [5.74, 6) is 3.43. The van der Waals surface area contributed by atoms with Gasteiger partial charge in [0, 0.05) is 25.5 Å². The highest BCUT2D eigenvalue weighted by Crippen LogP contribution is 2.28. The van der Waals surface area contributed by atoms with E-state index in [1.165, 1.54) is 19.3 Å². The van der Waals surface area contributed by atoms with Crippen molar-refractivity contribution in [3.8, 4) is 12.3 Å². The third-order valence-corrected chi connectivity index (χ3v) is 4.59. The fraction of sp³-hybridized carbons (Fsp3) is 0.391. The van der Waals surface area contributed by atoms with Gasteiger partial charge in [-0.1, -0.05) is 50.9 Å². The molecule has 1 aromatic carbocycles. The third kappa shape index (κ3) is 8.08. The zero-order valence-corrected chi connectivity index (χ0v) is 18.4. The molecule has 2 heterocycles. The molecule has 0 saturated carbocycles. The molecule has 0 aliphatic carbocycles. The number of benzene rings is 1. The Hall–Kier alpha value is -2.42. The van der Waals surface area contributed by atoms with E-state index in [1.807, 2.05) is 51.1 Å². The number of hydrogen-bond acceptors (Lipinski definition) is 5. The average Bonchev–Trinajstić information content (AvgIpc) is 3.11. The Morgan fingerprint density at radius 3 is 2.61 bits per heavy atom. The van der Waals surface area contributed by atoms with Gasteiger partial charge in [-0.2, -0.15) is 0 Å². The SMILES string of the molecule is C#Cc1ccc2nc(Nc3cc(C)ccn3)sc2c1.CC.CCCCCOC. The zero-order chi connectivity index (χ0) is 20.8. The topological polar surface area (TPSA) is 47.0 Å². The van der Waals surface area contributed by atoms with E-state index < -0.39 is 0 Å². The Bertz CT molecular complexity index is 864. The molecule has 5 heteroatoms. The molecule has 4 nitrogen and oxygen atoms in total. The molecule has 0 saturated heterocycles. The summed E-state index contributed by atoms with van der Waals surface area (Å²) in [6, 6.07) is 9.76. The number of ether oxygens (including phenoxy) is 1. The summed E-state index contributed by atoms with van der Waals surface area (Å²) in [5, 5.41) is 4.04. The third-order valence-electron chi connectivity index (χ3n) is 3.66. The Labute approximate surface area is 173 Å². The molecule has 1 N–H and O–H groups in total. The molecule has 0 fully saturated rings. The molecule has 3 rings (SSSR count). The minimum Gasteiger partial charge on any atom is -0.385 e. The van der Waals surface area contributed by atoms with E-state index >= 15 is 0 Å². The van der Waals surface area contributed by atoms with Crippen LogP contribution < -0.4 is 5.32 Å². The molecular weight excluding hydrogens is 366 g/mol. The van der Waals surface area contributed by atoms with Crippen LogP contribution in [-0.2, 0) is 4.74 Å². The molecule has 0 amide bonds. The summed E-state index contributed by atoms with van der Waals surface area (Å²) in [6.45, 7) is 9.15. The first-order valence-corrected chi connectivity index (χ1v) is 10.5. The number of rotatable bonds is 6. The average molecular weight is 398 g/mol. The first kappa shape index (κ1) is 23.6. The van der Waals surface area contributed by atoms with E-state index in [0.717, 1.165) is 38.9 Å². The number of nitrogens with zero attached hydrogens (tertiary/aromatic N) is 2. The highest BCUT2D eigenvalue weighted by molar-refractivity contribution is 7.22. The summed E-state index contributed by atoms with van der Waals surface area (Å²) in [7, 11) is 1.75. The van der Waals surface area contributed by atoms with E-state index in [4.69, 9.17) is 11.2 Å². The summed E-state index contributed by atoms with van der Waals surface area (Å²) < 4.78 is 5.92. The number of fused-ring (bicyclic) bond motifs is 1. The van der Waals surface area contributed by atoms with E-state index in [-0.39, 0.29) is 0 Å². The zero-order valence-electron chi connectivity index (χ0n) is 17.6. The van der Waals surface area contributed by atoms with Crippen molar-refractivity contribution in [2.75, 3.05) is 19.0 Å². The first-order chi connectivity index (χ1) is 13.7. The van der Waals surface area contributed by atoms with Crippen LogP contribution in [0.15, 0.2) is 36.5 Å². The number of thiazole rings is 1. The second-order valence-corrected chi connectivity index (χ2v) is 6.92. The predicted octanol–water partition coefficient (Wildman–Crippen LogP) is 6.57. The van der Waals surface area contributed by atoms with Crippen molar-refractivity contribution >= 4 is 32.5 Å². The number of nitrogens with one attached hydrogen (secondary N) is 1. The second kappa shape index (κ2) is 13.7. The predicted molar refractivity (Wildman–Crippen MR) is 123 cm³/mol. The number of methoxy groups -OCH3 is 1. The van der Waals surface area contributed by atoms with Crippen LogP contribution in [0.3, 0.4) is 0 Å². The molecule has 3 aromatic rings. The fourth-order valence-corrected chi connectivity index (χ4v) is 3.19. The minimum atomic E-state index is 0.802. The van der Waals surface area contributed by atoms with Gasteiger partial charge in [-0.3, -0.25) is 0 Å². The standard InChI is InChI=1S/C15H11N3S.C6H14O.C2H6/c1-3-11-4-5-12-13(9-11)19-15(17-12)18-14-8-10(2)6-7-16-14;1-3-4-5-6-7-2;1-2/h1,4-9H,2H3,(H,16,17,18);3-6H2,1-2H3;1-2H3. The van der Waals surface area contributed by atoms with Gasteiger partial charge in [0.25, 0.3) is 0 Å². The number of terminal acetylenes is 1. The van der Waals surface area contributed by atoms with Crippen molar-refractivity contribution in [2.45, 2.75) is 47.0 Å². The van der Waals surface area contributed by atoms with Gasteiger partial charge in [0.15, 0.2) is 5.13 Å². The van der Waals surface area contributed by atoms with Crippen LogP contribution in [0.2, 0.25) is 0 Å².